The largest absolute Gasteiger partial charge is 0.393 e. The summed E-state index contributed by atoms with van der Waals surface area (Å²) in [5.74, 6) is 0.292. The summed E-state index contributed by atoms with van der Waals surface area (Å²) in [6.45, 7) is 5.55. The third-order valence-corrected chi connectivity index (χ3v) is 8.77. The molecule has 0 aromatic carbocycles. The van der Waals surface area contributed by atoms with Crippen molar-refractivity contribution < 1.29 is 24.5 Å². The fourth-order valence-corrected chi connectivity index (χ4v) is 7.76. The molecule has 5 nitrogen and oxygen atoms in total. The topological polar surface area (TPSA) is 76.0 Å². The van der Waals surface area contributed by atoms with Crippen LogP contribution in [0.1, 0.15) is 46.5 Å². The maximum absolute atomic E-state index is 13.0. The first-order valence-corrected chi connectivity index (χ1v) is 10.6. The summed E-state index contributed by atoms with van der Waals surface area (Å²) in [4.78, 5) is 13.0. The highest BCUT2D eigenvalue weighted by atomic mass is 16.7. The molecule has 152 valence electrons. The first kappa shape index (κ1) is 18.8. The zero-order valence-electron chi connectivity index (χ0n) is 16.9. The van der Waals surface area contributed by atoms with Gasteiger partial charge in [-0.3, -0.25) is 4.79 Å². The molecule has 4 aliphatic carbocycles. The number of carbonyl (C=O) groups excluding carboxylic acids is 1. The summed E-state index contributed by atoms with van der Waals surface area (Å²) in [5.41, 5.74) is 2.73. The van der Waals surface area contributed by atoms with Gasteiger partial charge in [-0.1, -0.05) is 25.5 Å². The van der Waals surface area contributed by atoms with E-state index < -0.39 is 30.0 Å². The normalized spacial score (nSPS) is 53.8. The molecule has 0 radical (unpaired) electrons. The van der Waals surface area contributed by atoms with Crippen molar-refractivity contribution in [3.63, 3.8) is 0 Å². The molecule has 0 aromatic heterocycles. The summed E-state index contributed by atoms with van der Waals surface area (Å²) in [6, 6.07) is 0. The fraction of sp³-hybridized carbons (Fsp3) is 0.739. The van der Waals surface area contributed by atoms with Gasteiger partial charge in [0.2, 0.25) is 0 Å². The van der Waals surface area contributed by atoms with Crippen molar-refractivity contribution in [2.24, 2.45) is 28.6 Å². The molecule has 4 fully saturated rings. The Balaban J connectivity index is 1.60. The average molecular weight is 386 g/mol. The molecule has 5 aliphatic rings. The van der Waals surface area contributed by atoms with Crippen LogP contribution in [-0.4, -0.2) is 46.7 Å². The van der Waals surface area contributed by atoms with Crippen molar-refractivity contribution in [3.05, 3.63) is 29.5 Å². The smallest absolute Gasteiger partial charge is 0.193 e. The third-order valence-electron chi connectivity index (χ3n) is 8.77. The molecular weight excluding hydrogens is 356 g/mol. The summed E-state index contributed by atoms with van der Waals surface area (Å²) >= 11 is 0. The van der Waals surface area contributed by atoms with Crippen molar-refractivity contribution in [2.45, 2.75) is 70.6 Å². The number of hydrogen-bond acceptors (Lipinski definition) is 5. The molecule has 1 saturated heterocycles. The molecule has 0 spiro atoms. The van der Waals surface area contributed by atoms with Crippen LogP contribution in [-0.2, 0) is 14.3 Å². The molecule has 1 heterocycles. The first-order valence-electron chi connectivity index (χ1n) is 10.6. The summed E-state index contributed by atoms with van der Waals surface area (Å²) in [5, 5.41) is 21.2. The molecule has 2 N–H and O–H groups in total. The monoisotopic (exact) mass is 386 g/mol. The number of aliphatic hydroxyl groups excluding tert-OH is 2. The van der Waals surface area contributed by atoms with Gasteiger partial charge < -0.3 is 19.7 Å². The summed E-state index contributed by atoms with van der Waals surface area (Å²) in [7, 11) is 0. The standard InChI is InChI=1S/C23H30O5/c1-13-27-19-10-16-15-8-7-14-6-4-5-9-21(14,2)20(15)17(25)11-22(16,3)23(19,28-13)18(26)12-24/h4,6,9,13,15-17,19-20,24-25H,7-8,10-12H2,1-3H3/t13?,15-,16-,17-,19+,20+,21-,22-,23+/m0/s1. The molecule has 9 atom stereocenters. The number of ketones is 1. The highest BCUT2D eigenvalue weighted by Gasteiger charge is 2.75. The van der Waals surface area contributed by atoms with Crippen LogP contribution < -0.4 is 0 Å². The van der Waals surface area contributed by atoms with Crippen molar-refractivity contribution in [1.82, 2.24) is 0 Å². The molecule has 1 unspecified atom stereocenters. The van der Waals surface area contributed by atoms with Crippen LogP contribution in [0.15, 0.2) is 29.5 Å². The number of rotatable bonds is 2. The predicted molar refractivity (Wildman–Crippen MR) is 102 cm³/mol. The van der Waals surface area contributed by atoms with E-state index in [1.165, 1.54) is 5.57 Å². The van der Waals surface area contributed by atoms with Gasteiger partial charge in [-0.2, -0.15) is 0 Å². The number of Topliss-reactive ketones (excluding diaryl/α,β-unsaturated/α-hetero) is 1. The minimum absolute atomic E-state index is 0.101. The van der Waals surface area contributed by atoms with E-state index in [-0.39, 0.29) is 35.1 Å². The van der Waals surface area contributed by atoms with E-state index in [4.69, 9.17) is 9.47 Å². The highest BCUT2D eigenvalue weighted by Crippen LogP contribution is 2.69. The van der Waals surface area contributed by atoms with Gasteiger partial charge in [0.1, 0.15) is 6.61 Å². The van der Waals surface area contributed by atoms with Crippen LogP contribution in [0.3, 0.4) is 0 Å². The Morgan fingerprint density at radius 3 is 2.93 bits per heavy atom. The van der Waals surface area contributed by atoms with Crippen molar-refractivity contribution in [1.29, 1.82) is 0 Å². The van der Waals surface area contributed by atoms with Crippen molar-refractivity contribution >= 4 is 5.78 Å². The second-order valence-corrected chi connectivity index (χ2v) is 9.84. The number of hydrogen-bond donors (Lipinski definition) is 2. The molecule has 3 saturated carbocycles. The van der Waals surface area contributed by atoms with Gasteiger partial charge in [-0.25, -0.2) is 0 Å². The number of allylic oxidation sites excluding steroid dienone is 3. The fourth-order valence-electron chi connectivity index (χ4n) is 7.76. The van der Waals surface area contributed by atoms with Gasteiger partial charge in [-0.15, -0.1) is 5.73 Å². The SMILES string of the molecule is CC1O[C@@H]2C[C@H]3[C@@H]4CCC5=CC=C=C[C@]5(C)[C@H]4[C@@H](O)C[C@]3(C)[C@]2(C(=O)CO)O1. The Morgan fingerprint density at radius 1 is 1.39 bits per heavy atom. The van der Waals surface area contributed by atoms with Crippen LogP contribution in [0.5, 0.6) is 0 Å². The van der Waals surface area contributed by atoms with Crippen molar-refractivity contribution in [3.8, 4) is 0 Å². The lowest BCUT2D eigenvalue weighted by molar-refractivity contribution is -0.196. The van der Waals surface area contributed by atoms with Crippen LogP contribution in [0, 0.1) is 28.6 Å². The van der Waals surface area contributed by atoms with E-state index in [9.17, 15) is 15.0 Å². The Hall–Kier alpha value is -1.23. The van der Waals surface area contributed by atoms with Gasteiger partial charge in [0.05, 0.1) is 12.2 Å². The quantitative estimate of drug-likeness (QED) is 0.714. The molecule has 28 heavy (non-hydrogen) atoms. The summed E-state index contributed by atoms with van der Waals surface area (Å²) < 4.78 is 12.2. The molecule has 1 aliphatic heterocycles. The second-order valence-electron chi connectivity index (χ2n) is 9.84. The van der Waals surface area contributed by atoms with Gasteiger partial charge in [0.15, 0.2) is 17.7 Å². The lowest BCUT2D eigenvalue weighted by Crippen LogP contribution is -2.63. The third kappa shape index (κ3) is 2.04. The van der Waals surface area contributed by atoms with Gasteiger partial charge in [-0.05, 0) is 56.6 Å². The molecule has 0 bridgehead atoms. The van der Waals surface area contributed by atoms with E-state index in [0.29, 0.717) is 6.42 Å². The number of carbonyl (C=O) groups is 1. The highest BCUT2D eigenvalue weighted by molar-refractivity contribution is 5.91. The summed E-state index contributed by atoms with van der Waals surface area (Å²) in [6.07, 6.45) is 8.11. The minimum Gasteiger partial charge on any atom is -0.393 e. The number of aliphatic hydroxyl groups is 2. The van der Waals surface area contributed by atoms with E-state index in [2.05, 4.69) is 31.7 Å². The van der Waals surface area contributed by atoms with Crippen molar-refractivity contribution in [2.75, 3.05) is 6.61 Å². The Morgan fingerprint density at radius 2 is 2.18 bits per heavy atom. The Kier molecular flexibility index (Phi) is 3.96. The van der Waals surface area contributed by atoms with E-state index >= 15 is 0 Å². The lowest BCUT2D eigenvalue weighted by Gasteiger charge is -2.59. The van der Waals surface area contributed by atoms with Crippen LogP contribution in [0.2, 0.25) is 0 Å². The van der Waals surface area contributed by atoms with Gasteiger partial charge >= 0.3 is 0 Å². The molecule has 5 rings (SSSR count). The maximum Gasteiger partial charge on any atom is 0.193 e. The number of ether oxygens (including phenoxy) is 2. The lowest BCUT2D eigenvalue weighted by atomic mass is 9.46. The second kappa shape index (κ2) is 5.90. The average Bonchev–Trinajstić information content (AvgIpc) is 3.11. The molecule has 0 aromatic rings. The minimum atomic E-state index is -1.16. The predicted octanol–water partition coefficient (Wildman–Crippen LogP) is 2.52. The first-order chi connectivity index (χ1) is 13.3. The van der Waals surface area contributed by atoms with E-state index in [0.717, 1.165) is 19.3 Å². The Labute approximate surface area is 166 Å². The van der Waals surface area contributed by atoms with Crippen LogP contribution in [0.4, 0.5) is 0 Å². The van der Waals surface area contributed by atoms with E-state index in [1.807, 2.05) is 13.0 Å². The molecule has 5 heteroatoms. The zero-order chi connectivity index (χ0) is 19.9. The van der Waals surface area contributed by atoms with Gasteiger partial charge in [0, 0.05) is 16.7 Å². The van der Waals surface area contributed by atoms with E-state index in [1.54, 1.807) is 0 Å². The molecular formula is C23H30O5. The van der Waals surface area contributed by atoms with Crippen LogP contribution >= 0.6 is 0 Å². The number of fused-ring (bicyclic) bond motifs is 7. The zero-order valence-corrected chi connectivity index (χ0v) is 16.9. The van der Waals surface area contributed by atoms with Crippen LogP contribution in [0.25, 0.3) is 0 Å². The maximum atomic E-state index is 13.0. The van der Waals surface area contributed by atoms with Gasteiger partial charge in [0.25, 0.3) is 0 Å². The molecule has 0 amide bonds. The Bertz CT molecular complexity index is 810.